The van der Waals surface area contributed by atoms with E-state index in [0.717, 1.165) is 17.0 Å². The first-order valence-electron chi connectivity index (χ1n) is 9.01. The maximum atomic E-state index is 12.8. The zero-order valence-electron chi connectivity index (χ0n) is 16.0. The molecule has 4 rings (SSSR count). The predicted octanol–water partition coefficient (Wildman–Crippen LogP) is 3.91. The molecule has 0 aliphatic rings. The fourth-order valence-corrected chi connectivity index (χ4v) is 4.06. The summed E-state index contributed by atoms with van der Waals surface area (Å²) in [6.45, 7) is 0. The number of carbonyl (C=O) groups excluding carboxylic acids is 2. The minimum Gasteiger partial charge on any atom is -0.497 e. The first-order chi connectivity index (χ1) is 14.5. The molecule has 0 saturated heterocycles. The number of ether oxygens (including phenoxy) is 1. The summed E-state index contributed by atoms with van der Waals surface area (Å²) in [4.78, 5) is 30.1. The Labute approximate surface area is 176 Å². The second kappa shape index (κ2) is 7.84. The van der Waals surface area contributed by atoms with E-state index in [1.807, 2.05) is 36.4 Å². The molecule has 2 aromatic carbocycles. The molecule has 0 bridgehead atoms. The van der Waals surface area contributed by atoms with Crippen molar-refractivity contribution in [3.63, 3.8) is 0 Å². The number of thiophene rings is 1. The Kier molecular flexibility index (Phi) is 5.07. The number of benzene rings is 2. The molecule has 150 valence electrons. The summed E-state index contributed by atoms with van der Waals surface area (Å²) in [5, 5.41) is 3.42. The van der Waals surface area contributed by atoms with E-state index < -0.39 is 11.8 Å². The Morgan fingerprint density at radius 2 is 1.77 bits per heavy atom. The van der Waals surface area contributed by atoms with Gasteiger partial charge in [0.15, 0.2) is 0 Å². The lowest BCUT2D eigenvalue weighted by atomic mass is 10.1. The molecule has 2 heterocycles. The van der Waals surface area contributed by atoms with Gasteiger partial charge in [-0.05, 0) is 48.5 Å². The van der Waals surface area contributed by atoms with E-state index in [4.69, 9.17) is 16.2 Å². The lowest BCUT2D eigenvalue weighted by Crippen LogP contribution is -2.18. The van der Waals surface area contributed by atoms with Gasteiger partial charge in [0.1, 0.15) is 15.5 Å². The van der Waals surface area contributed by atoms with Crippen LogP contribution in [0.25, 0.3) is 21.5 Å². The molecular formula is C22H18N4O3S. The Morgan fingerprint density at radius 1 is 1.03 bits per heavy atom. The number of nitrogen functional groups attached to an aromatic ring is 1. The van der Waals surface area contributed by atoms with Crippen molar-refractivity contribution >= 4 is 44.7 Å². The van der Waals surface area contributed by atoms with Gasteiger partial charge < -0.3 is 21.5 Å². The van der Waals surface area contributed by atoms with Crippen molar-refractivity contribution in [3.05, 3.63) is 71.1 Å². The number of para-hydroxylation sites is 1. The quantitative estimate of drug-likeness (QED) is 0.454. The van der Waals surface area contributed by atoms with Crippen LogP contribution in [0.1, 0.15) is 20.0 Å². The normalized spacial score (nSPS) is 10.7. The average molecular weight is 418 g/mol. The number of carbonyl (C=O) groups is 2. The molecule has 5 N–H and O–H groups in total. The highest BCUT2D eigenvalue weighted by atomic mass is 32.1. The van der Waals surface area contributed by atoms with Gasteiger partial charge in [-0.1, -0.05) is 12.1 Å². The number of amides is 2. The highest BCUT2D eigenvalue weighted by molar-refractivity contribution is 7.21. The SMILES string of the molecule is COc1ccc(-c2ccc3c(N)c(C(=O)Nc4ccccc4C(N)=O)sc3n2)cc1. The lowest BCUT2D eigenvalue weighted by Gasteiger charge is -2.08. The maximum absolute atomic E-state index is 12.8. The van der Waals surface area contributed by atoms with Gasteiger partial charge in [-0.3, -0.25) is 9.59 Å². The Hall–Kier alpha value is -3.91. The third kappa shape index (κ3) is 3.56. The summed E-state index contributed by atoms with van der Waals surface area (Å²) >= 11 is 1.19. The van der Waals surface area contributed by atoms with Crippen molar-refractivity contribution in [2.24, 2.45) is 5.73 Å². The summed E-state index contributed by atoms with van der Waals surface area (Å²) in [6, 6.07) is 17.8. The number of rotatable bonds is 5. The molecule has 2 amide bonds. The second-order valence-electron chi connectivity index (χ2n) is 6.49. The van der Waals surface area contributed by atoms with Crippen LogP contribution in [-0.2, 0) is 0 Å². The number of aromatic nitrogens is 1. The van der Waals surface area contributed by atoms with Gasteiger partial charge in [0.25, 0.3) is 11.8 Å². The number of anilines is 2. The van der Waals surface area contributed by atoms with E-state index in [0.29, 0.717) is 26.5 Å². The zero-order chi connectivity index (χ0) is 21.3. The molecule has 2 aromatic heterocycles. The standard InChI is InChI=1S/C22H18N4O3S/c1-29-13-8-6-12(7-9-13)16-11-10-15-18(23)19(30-22(15)26-16)21(28)25-17-5-3-2-4-14(17)20(24)27/h2-11H,23H2,1H3,(H2,24,27)(H,25,28). The third-order valence-corrected chi connectivity index (χ3v) is 5.74. The number of hydrogen-bond acceptors (Lipinski definition) is 6. The molecule has 0 aliphatic carbocycles. The fourth-order valence-electron chi connectivity index (χ4n) is 3.07. The van der Waals surface area contributed by atoms with Crippen LogP contribution in [-0.4, -0.2) is 23.9 Å². The summed E-state index contributed by atoms with van der Waals surface area (Å²) in [5.74, 6) is -0.286. The van der Waals surface area contributed by atoms with Gasteiger partial charge >= 0.3 is 0 Å². The van der Waals surface area contributed by atoms with Crippen LogP contribution in [0.4, 0.5) is 11.4 Å². The van der Waals surface area contributed by atoms with Crippen LogP contribution in [0, 0.1) is 0 Å². The minimum absolute atomic E-state index is 0.227. The molecular weight excluding hydrogens is 400 g/mol. The topological polar surface area (TPSA) is 120 Å². The number of nitrogens with zero attached hydrogens (tertiary/aromatic N) is 1. The molecule has 0 atom stereocenters. The van der Waals surface area contributed by atoms with E-state index in [1.54, 1.807) is 31.4 Å². The van der Waals surface area contributed by atoms with Gasteiger partial charge in [0.2, 0.25) is 0 Å². The molecule has 8 heteroatoms. The van der Waals surface area contributed by atoms with E-state index in [9.17, 15) is 9.59 Å². The van der Waals surface area contributed by atoms with E-state index >= 15 is 0 Å². The second-order valence-corrected chi connectivity index (χ2v) is 7.49. The highest BCUT2D eigenvalue weighted by Gasteiger charge is 2.19. The first-order valence-corrected chi connectivity index (χ1v) is 9.83. The van der Waals surface area contributed by atoms with Gasteiger partial charge in [0, 0.05) is 10.9 Å². The zero-order valence-corrected chi connectivity index (χ0v) is 16.8. The van der Waals surface area contributed by atoms with Crippen LogP contribution in [0.2, 0.25) is 0 Å². The number of methoxy groups -OCH3 is 1. The lowest BCUT2D eigenvalue weighted by molar-refractivity contribution is 0.100. The van der Waals surface area contributed by atoms with Crippen molar-refractivity contribution in [3.8, 4) is 17.0 Å². The van der Waals surface area contributed by atoms with Gasteiger partial charge in [-0.25, -0.2) is 4.98 Å². The average Bonchev–Trinajstić information content (AvgIpc) is 3.10. The van der Waals surface area contributed by atoms with Crippen molar-refractivity contribution < 1.29 is 14.3 Å². The maximum Gasteiger partial charge on any atom is 0.267 e. The van der Waals surface area contributed by atoms with Crippen molar-refractivity contribution in [2.45, 2.75) is 0 Å². The molecule has 4 aromatic rings. The number of nitrogens with one attached hydrogen (secondary N) is 1. The van der Waals surface area contributed by atoms with Crippen LogP contribution >= 0.6 is 11.3 Å². The number of primary amides is 1. The Balaban J connectivity index is 1.67. The number of nitrogens with two attached hydrogens (primary N) is 2. The summed E-state index contributed by atoms with van der Waals surface area (Å²) in [5.41, 5.74) is 14.2. The molecule has 0 aliphatic heterocycles. The molecule has 0 fully saturated rings. The molecule has 7 nitrogen and oxygen atoms in total. The summed E-state index contributed by atoms with van der Waals surface area (Å²) < 4.78 is 5.18. The largest absolute Gasteiger partial charge is 0.497 e. The van der Waals surface area contributed by atoms with Crippen molar-refractivity contribution in [2.75, 3.05) is 18.2 Å². The number of hydrogen-bond donors (Lipinski definition) is 3. The van der Waals surface area contributed by atoms with Crippen LogP contribution in [0.15, 0.2) is 60.7 Å². The highest BCUT2D eigenvalue weighted by Crippen LogP contribution is 2.35. The van der Waals surface area contributed by atoms with Crippen molar-refractivity contribution in [1.82, 2.24) is 4.98 Å². The van der Waals surface area contributed by atoms with Crippen LogP contribution in [0.3, 0.4) is 0 Å². The first kappa shape index (κ1) is 19.4. The Bertz CT molecular complexity index is 1270. The van der Waals surface area contributed by atoms with Crippen molar-refractivity contribution in [1.29, 1.82) is 0 Å². The smallest absolute Gasteiger partial charge is 0.267 e. The van der Waals surface area contributed by atoms with E-state index in [2.05, 4.69) is 10.3 Å². The number of pyridine rings is 1. The summed E-state index contributed by atoms with van der Waals surface area (Å²) in [7, 11) is 1.61. The van der Waals surface area contributed by atoms with Gasteiger partial charge in [-0.15, -0.1) is 11.3 Å². The molecule has 0 saturated carbocycles. The van der Waals surface area contributed by atoms with Gasteiger partial charge in [-0.2, -0.15) is 0 Å². The monoisotopic (exact) mass is 418 g/mol. The number of fused-ring (bicyclic) bond motifs is 1. The van der Waals surface area contributed by atoms with E-state index in [-0.39, 0.29) is 5.56 Å². The van der Waals surface area contributed by atoms with Crippen LogP contribution < -0.4 is 21.5 Å². The van der Waals surface area contributed by atoms with Gasteiger partial charge in [0.05, 0.1) is 29.7 Å². The Morgan fingerprint density at radius 3 is 2.47 bits per heavy atom. The third-order valence-electron chi connectivity index (χ3n) is 4.63. The molecule has 0 radical (unpaired) electrons. The minimum atomic E-state index is -0.624. The fraction of sp³-hybridized carbons (Fsp3) is 0.0455. The summed E-state index contributed by atoms with van der Waals surface area (Å²) in [6.07, 6.45) is 0. The predicted molar refractivity (Wildman–Crippen MR) is 119 cm³/mol. The van der Waals surface area contributed by atoms with Crippen LogP contribution in [0.5, 0.6) is 5.75 Å². The molecule has 0 unspecified atom stereocenters. The molecule has 30 heavy (non-hydrogen) atoms. The van der Waals surface area contributed by atoms with E-state index in [1.165, 1.54) is 11.3 Å². The molecule has 0 spiro atoms.